The van der Waals surface area contributed by atoms with E-state index in [2.05, 4.69) is 26.5 Å². The minimum atomic E-state index is -3.39. The summed E-state index contributed by atoms with van der Waals surface area (Å²) in [6, 6.07) is 16.1. The molecule has 0 spiro atoms. The lowest BCUT2D eigenvalue weighted by atomic mass is 10.1. The van der Waals surface area contributed by atoms with Gasteiger partial charge in [-0.1, -0.05) is 36.1 Å². The predicted octanol–water partition coefficient (Wildman–Crippen LogP) is 1.93. The van der Waals surface area contributed by atoms with E-state index in [1.807, 2.05) is 0 Å². The molecule has 8 nitrogen and oxygen atoms in total. The van der Waals surface area contributed by atoms with Crippen LogP contribution in [0.25, 0.3) is 0 Å². The van der Waals surface area contributed by atoms with Crippen LogP contribution in [-0.4, -0.2) is 45.0 Å². The number of carbonyl (C=O) groups excluding carboxylic acids is 2. The third-order valence-electron chi connectivity index (χ3n) is 4.32. The Hall–Kier alpha value is -4.00. The van der Waals surface area contributed by atoms with Crippen LogP contribution in [0.4, 0.5) is 0 Å². The van der Waals surface area contributed by atoms with Crippen LogP contribution in [-0.2, 0) is 14.5 Å². The van der Waals surface area contributed by atoms with Crippen molar-refractivity contribution in [2.75, 3.05) is 18.8 Å². The first kappa shape index (κ1) is 23.7. The van der Waals surface area contributed by atoms with Crippen molar-refractivity contribution in [3.8, 4) is 17.6 Å². The molecular formula is C24H22N4O4S. The molecule has 2 amide bonds. The number of benzene rings is 2. The van der Waals surface area contributed by atoms with Gasteiger partial charge in [-0.2, -0.15) is 4.36 Å². The Bertz CT molecular complexity index is 1340. The van der Waals surface area contributed by atoms with Crippen LogP contribution in [0.5, 0.6) is 5.75 Å². The average molecular weight is 463 g/mol. The lowest BCUT2D eigenvalue weighted by Gasteiger charge is -2.10. The zero-order valence-electron chi connectivity index (χ0n) is 17.6. The third kappa shape index (κ3) is 6.74. The maximum Gasteiger partial charge on any atom is 0.286 e. The third-order valence-corrected chi connectivity index (χ3v) is 6.44. The highest BCUT2D eigenvalue weighted by Gasteiger charge is 2.20. The van der Waals surface area contributed by atoms with Gasteiger partial charge in [0.1, 0.15) is 11.5 Å². The maximum absolute atomic E-state index is 13.6. The number of phenolic OH excluding ortho intramolecular Hbond substituents is 1. The minimum Gasteiger partial charge on any atom is -0.508 e. The molecule has 0 bridgehead atoms. The fourth-order valence-electron chi connectivity index (χ4n) is 2.78. The summed E-state index contributed by atoms with van der Waals surface area (Å²) >= 11 is 0. The van der Waals surface area contributed by atoms with Crippen molar-refractivity contribution < 1.29 is 18.9 Å². The molecule has 0 aliphatic carbocycles. The molecule has 2 aromatic carbocycles. The van der Waals surface area contributed by atoms with E-state index < -0.39 is 27.3 Å². The van der Waals surface area contributed by atoms with Gasteiger partial charge in [-0.3, -0.25) is 14.6 Å². The second-order valence-corrected chi connectivity index (χ2v) is 9.12. The number of aromatic nitrogens is 1. The summed E-state index contributed by atoms with van der Waals surface area (Å²) in [4.78, 5) is 29.4. The van der Waals surface area contributed by atoms with Crippen molar-refractivity contribution >= 4 is 21.5 Å². The zero-order valence-corrected chi connectivity index (χ0v) is 18.4. The summed E-state index contributed by atoms with van der Waals surface area (Å²) in [7, 11) is -3.39. The Kier molecular flexibility index (Phi) is 7.91. The van der Waals surface area contributed by atoms with Crippen LogP contribution in [0.1, 0.15) is 21.5 Å². The van der Waals surface area contributed by atoms with Gasteiger partial charge >= 0.3 is 0 Å². The maximum atomic E-state index is 13.6. The molecule has 1 heterocycles. The van der Waals surface area contributed by atoms with Gasteiger partial charge < -0.3 is 16.2 Å². The number of carbonyl (C=O) groups is 2. The molecule has 1 aromatic heterocycles. The molecule has 4 N–H and O–H groups in total. The molecule has 3 aromatic rings. The standard InChI is InChI=1S/C24H22N4O4S/c25-11-12-27-23(30)17-33(32,22-7-2-1-3-8-22)28-24(31)20-13-19(15-26-16-20)10-9-18-5-4-6-21(29)14-18/h1-8,13-16,29H,11-12,17,25H2,(H,27,30)/t33-/m0/s1. The van der Waals surface area contributed by atoms with E-state index >= 15 is 0 Å². The Morgan fingerprint density at radius 2 is 1.79 bits per heavy atom. The Balaban J connectivity index is 1.93. The fourth-order valence-corrected chi connectivity index (χ4v) is 4.53. The van der Waals surface area contributed by atoms with Gasteiger partial charge in [0.2, 0.25) is 5.91 Å². The van der Waals surface area contributed by atoms with Gasteiger partial charge in [0.25, 0.3) is 5.91 Å². The fraction of sp³-hybridized carbons (Fsp3) is 0.125. The number of hydrogen-bond acceptors (Lipinski definition) is 6. The number of hydrogen-bond donors (Lipinski definition) is 3. The summed E-state index contributed by atoms with van der Waals surface area (Å²) in [5.41, 5.74) is 6.51. The highest BCUT2D eigenvalue weighted by molar-refractivity contribution is 7.94. The summed E-state index contributed by atoms with van der Waals surface area (Å²) < 4.78 is 17.6. The summed E-state index contributed by atoms with van der Waals surface area (Å²) in [5.74, 6) is 4.06. The topological polar surface area (TPSA) is 135 Å². The molecule has 0 aliphatic heterocycles. The first-order valence-corrected chi connectivity index (χ1v) is 11.7. The van der Waals surface area contributed by atoms with Gasteiger partial charge in [0.05, 0.1) is 15.3 Å². The van der Waals surface area contributed by atoms with E-state index in [9.17, 15) is 18.9 Å². The molecule has 0 unspecified atom stereocenters. The van der Waals surface area contributed by atoms with E-state index in [1.165, 1.54) is 30.6 Å². The van der Waals surface area contributed by atoms with E-state index in [-0.39, 0.29) is 29.3 Å². The van der Waals surface area contributed by atoms with Crippen molar-refractivity contribution in [1.82, 2.24) is 10.3 Å². The van der Waals surface area contributed by atoms with Crippen LogP contribution < -0.4 is 11.1 Å². The van der Waals surface area contributed by atoms with Crippen LogP contribution in [0.3, 0.4) is 0 Å². The second-order valence-electron chi connectivity index (χ2n) is 6.90. The van der Waals surface area contributed by atoms with E-state index in [1.54, 1.807) is 42.5 Å². The van der Waals surface area contributed by atoms with Gasteiger partial charge in [0, 0.05) is 41.5 Å². The number of phenols is 1. The number of rotatable bonds is 6. The molecule has 33 heavy (non-hydrogen) atoms. The molecule has 0 fully saturated rings. The summed E-state index contributed by atoms with van der Waals surface area (Å²) in [6.07, 6.45) is 2.77. The average Bonchev–Trinajstić information content (AvgIpc) is 2.82. The van der Waals surface area contributed by atoms with Gasteiger partial charge in [0.15, 0.2) is 0 Å². The van der Waals surface area contributed by atoms with Crippen LogP contribution in [0.2, 0.25) is 0 Å². The van der Waals surface area contributed by atoms with Crippen molar-refractivity contribution in [2.24, 2.45) is 10.1 Å². The number of nitrogens with two attached hydrogens (primary N) is 1. The molecule has 168 valence electrons. The Morgan fingerprint density at radius 3 is 2.52 bits per heavy atom. The quantitative estimate of drug-likeness (QED) is 0.479. The monoisotopic (exact) mass is 462 g/mol. The smallest absolute Gasteiger partial charge is 0.286 e. The SMILES string of the molecule is NCCNC(=O)C[S@@](=O)(=NC(=O)c1cncc(C#Cc2cccc(O)c2)c1)c1ccccc1. The van der Waals surface area contributed by atoms with E-state index in [4.69, 9.17) is 5.73 Å². The van der Waals surface area contributed by atoms with Gasteiger partial charge in [-0.05, 0) is 36.4 Å². The first-order valence-electron chi connectivity index (χ1n) is 9.97. The van der Waals surface area contributed by atoms with Crippen molar-refractivity contribution in [1.29, 1.82) is 0 Å². The number of pyridine rings is 1. The molecule has 0 aliphatic rings. The molecular weight excluding hydrogens is 440 g/mol. The predicted molar refractivity (Wildman–Crippen MR) is 125 cm³/mol. The van der Waals surface area contributed by atoms with Crippen molar-refractivity contribution in [3.63, 3.8) is 0 Å². The van der Waals surface area contributed by atoms with Crippen molar-refractivity contribution in [2.45, 2.75) is 4.90 Å². The number of amides is 2. The molecule has 0 saturated heterocycles. The van der Waals surface area contributed by atoms with Crippen LogP contribution >= 0.6 is 0 Å². The lowest BCUT2D eigenvalue weighted by Crippen LogP contribution is -2.34. The Morgan fingerprint density at radius 1 is 1.03 bits per heavy atom. The highest BCUT2D eigenvalue weighted by Crippen LogP contribution is 2.16. The molecule has 0 radical (unpaired) electrons. The molecule has 1 atom stereocenters. The van der Waals surface area contributed by atoms with Crippen LogP contribution in [0.15, 0.2) is 82.3 Å². The first-order chi connectivity index (χ1) is 15.9. The summed E-state index contributed by atoms with van der Waals surface area (Å²) in [6.45, 7) is 0.456. The Labute approximate surface area is 192 Å². The highest BCUT2D eigenvalue weighted by atomic mass is 32.2. The number of nitrogens with one attached hydrogen (secondary N) is 1. The second kappa shape index (κ2) is 11.0. The minimum absolute atomic E-state index is 0.0868. The molecule has 9 heteroatoms. The summed E-state index contributed by atoms with van der Waals surface area (Å²) in [5, 5.41) is 12.1. The normalized spacial score (nSPS) is 12.0. The van der Waals surface area contributed by atoms with Gasteiger partial charge in [-0.15, -0.1) is 0 Å². The molecule has 0 saturated carbocycles. The van der Waals surface area contributed by atoms with E-state index in [0.29, 0.717) is 11.1 Å². The van der Waals surface area contributed by atoms with E-state index in [0.717, 1.165) is 0 Å². The zero-order chi connectivity index (χ0) is 23.7. The number of aromatic hydroxyl groups is 1. The van der Waals surface area contributed by atoms with Crippen molar-refractivity contribution in [3.05, 3.63) is 89.7 Å². The van der Waals surface area contributed by atoms with Gasteiger partial charge in [-0.25, -0.2) is 4.21 Å². The van der Waals surface area contributed by atoms with Crippen LogP contribution in [0, 0.1) is 11.8 Å². The lowest BCUT2D eigenvalue weighted by molar-refractivity contribution is -0.118. The largest absolute Gasteiger partial charge is 0.508 e. The number of nitrogens with zero attached hydrogens (tertiary/aromatic N) is 2. The molecule has 3 rings (SSSR count).